The van der Waals surface area contributed by atoms with Crippen LogP contribution in [0.15, 0.2) is 12.8 Å². The zero-order chi connectivity index (χ0) is 10.9. The summed E-state index contributed by atoms with van der Waals surface area (Å²) < 4.78 is 21.8. The van der Waals surface area contributed by atoms with E-state index in [-0.39, 0.29) is 18.0 Å². The van der Waals surface area contributed by atoms with E-state index in [2.05, 4.69) is 6.58 Å². The fourth-order valence-electron chi connectivity index (χ4n) is 2.38. The third kappa shape index (κ3) is 1.69. The molecule has 0 aromatic heterocycles. The highest BCUT2D eigenvalue weighted by molar-refractivity contribution is 6.11. The van der Waals surface area contributed by atoms with Gasteiger partial charge in [0.05, 0.1) is 26.1 Å². The van der Waals surface area contributed by atoms with Gasteiger partial charge in [-0.3, -0.25) is 0 Å². The van der Waals surface area contributed by atoms with Gasteiger partial charge in [-0.1, -0.05) is 6.58 Å². The molecule has 0 aromatic rings. The molecule has 2 heterocycles. The smallest absolute Gasteiger partial charge is 0.151 e. The number of fused-ring (bicyclic) bond motifs is 2. The molecule has 2 fully saturated rings. The van der Waals surface area contributed by atoms with Crippen molar-refractivity contribution in [3.63, 3.8) is 0 Å². The average Bonchev–Trinajstić information content (AvgIpc) is 2.36. The van der Waals surface area contributed by atoms with E-state index in [9.17, 15) is 0 Å². The van der Waals surface area contributed by atoms with Gasteiger partial charge >= 0.3 is 0 Å². The van der Waals surface area contributed by atoms with Gasteiger partial charge in [-0.25, -0.2) is 0 Å². The van der Waals surface area contributed by atoms with Crippen molar-refractivity contribution in [2.75, 3.05) is 26.9 Å². The highest BCUT2D eigenvalue weighted by atomic mass is 16.6. The molecule has 0 amide bonds. The number of rotatable bonds is 4. The molecule has 2 rings (SSSR count). The molecule has 2 aliphatic heterocycles. The van der Waals surface area contributed by atoms with Gasteiger partial charge < -0.3 is 18.9 Å². The Kier molecular flexibility index (Phi) is 3.04. The molecule has 5 heteroatoms. The number of hydrogen-bond acceptors (Lipinski definition) is 4. The van der Waals surface area contributed by atoms with Crippen LogP contribution in [0.1, 0.15) is 0 Å². The lowest BCUT2D eigenvalue weighted by Gasteiger charge is -2.37. The van der Waals surface area contributed by atoms with Gasteiger partial charge in [-0.15, -0.1) is 0 Å². The normalized spacial score (nSPS) is 43.9. The molecule has 0 aromatic carbocycles. The zero-order valence-electron chi connectivity index (χ0n) is 8.85. The maximum atomic E-state index is 5.88. The average molecular weight is 210 g/mol. The number of hydrogen-bond donors (Lipinski definition) is 0. The van der Waals surface area contributed by atoms with Crippen LogP contribution in [0.4, 0.5) is 0 Å². The van der Waals surface area contributed by atoms with Crippen LogP contribution in [0, 0.1) is 5.92 Å². The van der Waals surface area contributed by atoms with Gasteiger partial charge in [0.25, 0.3) is 0 Å². The number of ether oxygens (including phenoxy) is 4. The summed E-state index contributed by atoms with van der Waals surface area (Å²) in [4.78, 5) is 0. The van der Waals surface area contributed by atoms with Crippen molar-refractivity contribution in [2.45, 2.75) is 17.7 Å². The Labute approximate surface area is 90.9 Å². The predicted octanol–water partition coefficient (Wildman–Crippen LogP) is 0.0715. The van der Waals surface area contributed by atoms with E-state index in [0.717, 1.165) is 0 Å². The van der Waals surface area contributed by atoms with Crippen LogP contribution in [0.3, 0.4) is 0 Å². The predicted molar refractivity (Wildman–Crippen MR) is 54.6 cm³/mol. The standard InChI is InChI=1S/C10H15BO4/c1-3-14-8-7-4-13-6-10(8,5-12-2)15-9(7)11/h3,7-9H,1,4-6H2,2H3. The molecule has 2 bridgehead atoms. The van der Waals surface area contributed by atoms with Gasteiger partial charge in [-0.2, -0.15) is 0 Å². The molecule has 4 unspecified atom stereocenters. The number of methoxy groups -OCH3 is 1. The summed E-state index contributed by atoms with van der Waals surface area (Å²) in [6.45, 7) is 4.99. The van der Waals surface area contributed by atoms with Crippen molar-refractivity contribution >= 4 is 7.85 Å². The third-order valence-electron chi connectivity index (χ3n) is 2.99. The molecule has 82 valence electrons. The van der Waals surface area contributed by atoms with Crippen molar-refractivity contribution in [2.24, 2.45) is 5.92 Å². The second-order valence-corrected chi connectivity index (χ2v) is 3.98. The van der Waals surface area contributed by atoms with Crippen LogP contribution >= 0.6 is 0 Å². The van der Waals surface area contributed by atoms with E-state index in [1.54, 1.807) is 7.11 Å². The molecule has 4 nitrogen and oxygen atoms in total. The summed E-state index contributed by atoms with van der Waals surface area (Å²) in [6.07, 6.45) is 1.30. The summed E-state index contributed by atoms with van der Waals surface area (Å²) in [5, 5.41) is 0. The summed E-state index contributed by atoms with van der Waals surface area (Å²) in [7, 11) is 7.51. The van der Waals surface area contributed by atoms with Crippen LogP contribution < -0.4 is 0 Å². The van der Waals surface area contributed by atoms with Crippen LogP contribution in [-0.2, 0) is 18.9 Å². The first-order valence-electron chi connectivity index (χ1n) is 5.00. The van der Waals surface area contributed by atoms with Crippen molar-refractivity contribution in [3.8, 4) is 0 Å². The Morgan fingerprint density at radius 1 is 1.67 bits per heavy atom. The first-order valence-corrected chi connectivity index (χ1v) is 5.00. The summed E-state index contributed by atoms with van der Waals surface area (Å²) >= 11 is 0. The molecule has 0 N–H and O–H groups in total. The SMILES string of the molecule is [B]C1OC2(COC)COCC1C2OC=C. The highest BCUT2D eigenvalue weighted by Crippen LogP contribution is 2.40. The fourth-order valence-corrected chi connectivity index (χ4v) is 2.38. The zero-order valence-corrected chi connectivity index (χ0v) is 8.85. The van der Waals surface area contributed by atoms with Crippen LogP contribution in [0.25, 0.3) is 0 Å². The van der Waals surface area contributed by atoms with E-state index in [1.165, 1.54) is 6.26 Å². The first-order chi connectivity index (χ1) is 7.23. The Balaban J connectivity index is 2.21. The molecule has 0 saturated carbocycles. The van der Waals surface area contributed by atoms with Crippen LogP contribution in [-0.4, -0.2) is 52.5 Å². The molecule has 0 spiro atoms. The lowest BCUT2D eigenvalue weighted by molar-refractivity contribution is -0.161. The van der Waals surface area contributed by atoms with Gasteiger partial charge in [0.15, 0.2) is 5.60 Å². The van der Waals surface area contributed by atoms with E-state index < -0.39 is 5.60 Å². The second kappa shape index (κ2) is 4.16. The lowest BCUT2D eigenvalue weighted by atomic mass is 9.81. The van der Waals surface area contributed by atoms with E-state index in [1.807, 2.05) is 0 Å². The van der Waals surface area contributed by atoms with Crippen molar-refractivity contribution < 1.29 is 18.9 Å². The molecule has 15 heavy (non-hydrogen) atoms. The molecule has 2 aliphatic rings. The fraction of sp³-hybridized carbons (Fsp3) is 0.800. The van der Waals surface area contributed by atoms with Gasteiger partial charge in [0.2, 0.25) is 0 Å². The maximum Gasteiger partial charge on any atom is 0.151 e. The molecule has 0 aliphatic carbocycles. The minimum Gasteiger partial charge on any atom is -0.495 e. The Hall–Kier alpha value is -0.515. The minimum atomic E-state index is -0.578. The van der Waals surface area contributed by atoms with Crippen molar-refractivity contribution in [1.82, 2.24) is 0 Å². The molecule has 4 atom stereocenters. The largest absolute Gasteiger partial charge is 0.495 e. The van der Waals surface area contributed by atoms with E-state index >= 15 is 0 Å². The third-order valence-corrected chi connectivity index (χ3v) is 2.99. The molecule has 2 saturated heterocycles. The summed E-state index contributed by atoms with van der Waals surface area (Å²) in [5.41, 5.74) is -0.578. The molecular weight excluding hydrogens is 195 g/mol. The Morgan fingerprint density at radius 3 is 3.13 bits per heavy atom. The quantitative estimate of drug-likeness (QED) is 0.486. The van der Waals surface area contributed by atoms with Gasteiger partial charge in [0, 0.05) is 19.0 Å². The molecular formula is C10H15BO4. The van der Waals surface area contributed by atoms with E-state index in [0.29, 0.717) is 19.8 Å². The Bertz CT molecular complexity index is 244. The van der Waals surface area contributed by atoms with Gasteiger partial charge in [-0.05, 0) is 0 Å². The maximum absolute atomic E-state index is 5.88. The highest BCUT2D eigenvalue weighted by Gasteiger charge is 2.57. The summed E-state index contributed by atoms with van der Waals surface area (Å²) in [5.74, 6) is 0.0481. The van der Waals surface area contributed by atoms with Crippen LogP contribution in [0.5, 0.6) is 0 Å². The lowest BCUT2D eigenvalue weighted by Crippen LogP contribution is -2.53. The van der Waals surface area contributed by atoms with Gasteiger partial charge in [0.1, 0.15) is 14.0 Å². The second-order valence-electron chi connectivity index (χ2n) is 3.98. The van der Waals surface area contributed by atoms with Crippen LogP contribution in [0.2, 0.25) is 0 Å². The molecule has 2 radical (unpaired) electrons. The van der Waals surface area contributed by atoms with Crippen molar-refractivity contribution in [1.29, 1.82) is 0 Å². The summed E-state index contributed by atoms with van der Waals surface area (Å²) in [6, 6.07) is -0.354. The minimum absolute atomic E-state index is 0.0481. The first kappa shape index (κ1) is 11.0. The topological polar surface area (TPSA) is 36.9 Å². The Morgan fingerprint density at radius 2 is 2.47 bits per heavy atom. The van der Waals surface area contributed by atoms with E-state index in [4.69, 9.17) is 26.8 Å². The van der Waals surface area contributed by atoms with Crippen molar-refractivity contribution in [3.05, 3.63) is 12.8 Å². The monoisotopic (exact) mass is 210 g/mol.